The predicted octanol–water partition coefficient (Wildman–Crippen LogP) is 3.64. The molecule has 1 aromatic heterocycles. The van der Waals surface area contributed by atoms with Crippen LogP contribution in [0.3, 0.4) is 0 Å². The minimum atomic E-state index is 0.0298. The lowest BCUT2D eigenvalue weighted by atomic mass is 10.0. The summed E-state index contributed by atoms with van der Waals surface area (Å²) >= 11 is 0. The number of aliphatic hydroxyl groups is 1. The highest BCUT2D eigenvalue weighted by molar-refractivity contribution is 5.64. The molecule has 0 fully saturated rings. The van der Waals surface area contributed by atoms with Crippen molar-refractivity contribution in [1.29, 1.82) is 0 Å². The SMILES string of the molecule is Cc1cc(-c2cc(CO)ccn2)cc(C)c1OC(C)C. The van der Waals surface area contributed by atoms with Crippen molar-refractivity contribution < 1.29 is 9.84 Å². The van der Waals surface area contributed by atoms with Crippen LogP contribution in [-0.2, 0) is 6.61 Å². The summed E-state index contributed by atoms with van der Waals surface area (Å²) in [7, 11) is 0. The van der Waals surface area contributed by atoms with Crippen LogP contribution in [0.4, 0.5) is 0 Å². The van der Waals surface area contributed by atoms with Crippen LogP contribution in [0, 0.1) is 13.8 Å². The van der Waals surface area contributed by atoms with Gasteiger partial charge in [0, 0.05) is 11.8 Å². The molecule has 1 N–H and O–H groups in total. The van der Waals surface area contributed by atoms with Gasteiger partial charge >= 0.3 is 0 Å². The van der Waals surface area contributed by atoms with E-state index in [4.69, 9.17) is 4.74 Å². The lowest BCUT2D eigenvalue weighted by Gasteiger charge is -2.16. The van der Waals surface area contributed by atoms with Crippen LogP contribution in [0.5, 0.6) is 5.75 Å². The van der Waals surface area contributed by atoms with Gasteiger partial charge in [0.05, 0.1) is 18.4 Å². The number of benzene rings is 1. The molecule has 3 heteroatoms. The molecule has 1 heterocycles. The fourth-order valence-electron chi connectivity index (χ4n) is 2.25. The molecular formula is C17H21NO2. The van der Waals surface area contributed by atoms with Crippen molar-refractivity contribution in [3.63, 3.8) is 0 Å². The molecule has 0 amide bonds. The van der Waals surface area contributed by atoms with E-state index in [1.807, 2.05) is 39.8 Å². The molecule has 0 unspecified atom stereocenters. The summed E-state index contributed by atoms with van der Waals surface area (Å²) in [6.07, 6.45) is 1.89. The summed E-state index contributed by atoms with van der Waals surface area (Å²) in [5.41, 5.74) is 4.99. The van der Waals surface area contributed by atoms with E-state index in [0.29, 0.717) is 0 Å². The van der Waals surface area contributed by atoms with Gasteiger partial charge in [0.1, 0.15) is 5.75 Å². The second kappa shape index (κ2) is 6.06. The Labute approximate surface area is 120 Å². The average molecular weight is 271 g/mol. The number of aryl methyl sites for hydroxylation is 2. The van der Waals surface area contributed by atoms with E-state index in [9.17, 15) is 5.11 Å². The van der Waals surface area contributed by atoms with Crippen molar-refractivity contribution in [3.8, 4) is 17.0 Å². The molecule has 0 saturated carbocycles. The first-order chi connectivity index (χ1) is 9.51. The maximum absolute atomic E-state index is 9.21. The highest BCUT2D eigenvalue weighted by Gasteiger charge is 2.10. The Bertz CT molecular complexity index is 583. The molecule has 1 aromatic carbocycles. The molecule has 0 radical (unpaired) electrons. The van der Waals surface area contributed by atoms with Crippen LogP contribution in [-0.4, -0.2) is 16.2 Å². The normalized spacial score (nSPS) is 10.9. The lowest BCUT2D eigenvalue weighted by Crippen LogP contribution is -2.08. The van der Waals surface area contributed by atoms with Gasteiger partial charge in [-0.3, -0.25) is 4.98 Å². The third-order valence-electron chi connectivity index (χ3n) is 3.12. The number of hydrogen-bond donors (Lipinski definition) is 1. The zero-order chi connectivity index (χ0) is 14.7. The summed E-state index contributed by atoms with van der Waals surface area (Å²) < 4.78 is 5.85. The number of aliphatic hydroxyl groups excluding tert-OH is 1. The van der Waals surface area contributed by atoms with E-state index in [2.05, 4.69) is 17.1 Å². The molecule has 106 valence electrons. The Balaban J connectivity index is 2.43. The van der Waals surface area contributed by atoms with Crippen molar-refractivity contribution in [1.82, 2.24) is 4.98 Å². The Morgan fingerprint density at radius 2 is 1.80 bits per heavy atom. The van der Waals surface area contributed by atoms with Gasteiger partial charge in [-0.15, -0.1) is 0 Å². The topological polar surface area (TPSA) is 42.4 Å². The van der Waals surface area contributed by atoms with Crippen molar-refractivity contribution in [3.05, 3.63) is 47.2 Å². The molecule has 0 spiro atoms. The van der Waals surface area contributed by atoms with E-state index in [-0.39, 0.29) is 12.7 Å². The standard InChI is InChI=1S/C17H21NO2/c1-11(2)20-17-12(3)7-15(8-13(17)4)16-9-14(10-19)5-6-18-16/h5-9,11,19H,10H2,1-4H3. The van der Waals surface area contributed by atoms with Crippen molar-refractivity contribution in [2.75, 3.05) is 0 Å². The second-order valence-electron chi connectivity index (χ2n) is 5.31. The average Bonchev–Trinajstić information content (AvgIpc) is 2.42. The van der Waals surface area contributed by atoms with E-state index < -0.39 is 0 Å². The van der Waals surface area contributed by atoms with Crippen molar-refractivity contribution in [2.24, 2.45) is 0 Å². The summed E-state index contributed by atoms with van der Waals surface area (Å²) in [6, 6.07) is 7.89. The Morgan fingerprint density at radius 1 is 1.15 bits per heavy atom. The van der Waals surface area contributed by atoms with Gasteiger partial charge in [0.2, 0.25) is 0 Å². The predicted molar refractivity (Wildman–Crippen MR) is 80.8 cm³/mol. The first-order valence-corrected chi connectivity index (χ1v) is 6.85. The molecular weight excluding hydrogens is 250 g/mol. The minimum Gasteiger partial charge on any atom is -0.490 e. The number of ether oxygens (including phenoxy) is 1. The first-order valence-electron chi connectivity index (χ1n) is 6.85. The smallest absolute Gasteiger partial charge is 0.125 e. The number of hydrogen-bond acceptors (Lipinski definition) is 3. The fourth-order valence-corrected chi connectivity index (χ4v) is 2.25. The molecule has 2 rings (SSSR count). The molecule has 20 heavy (non-hydrogen) atoms. The molecule has 0 saturated heterocycles. The number of nitrogens with zero attached hydrogens (tertiary/aromatic N) is 1. The Hall–Kier alpha value is -1.87. The molecule has 3 nitrogen and oxygen atoms in total. The third-order valence-corrected chi connectivity index (χ3v) is 3.12. The summed E-state index contributed by atoms with van der Waals surface area (Å²) in [4.78, 5) is 4.38. The molecule has 0 atom stereocenters. The van der Waals surface area contributed by atoms with Crippen molar-refractivity contribution in [2.45, 2.75) is 40.4 Å². The summed E-state index contributed by atoms with van der Waals surface area (Å²) in [5, 5.41) is 9.21. The minimum absolute atomic E-state index is 0.0298. The largest absolute Gasteiger partial charge is 0.490 e. The van der Waals surface area contributed by atoms with Crippen LogP contribution in [0.2, 0.25) is 0 Å². The van der Waals surface area contributed by atoms with E-state index >= 15 is 0 Å². The quantitative estimate of drug-likeness (QED) is 0.923. The molecule has 0 aliphatic carbocycles. The highest BCUT2D eigenvalue weighted by Crippen LogP contribution is 2.30. The van der Waals surface area contributed by atoms with Gasteiger partial charge in [-0.2, -0.15) is 0 Å². The molecule has 0 bridgehead atoms. The highest BCUT2D eigenvalue weighted by atomic mass is 16.5. The maximum Gasteiger partial charge on any atom is 0.125 e. The first kappa shape index (κ1) is 14.5. The molecule has 0 aliphatic heterocycles. The van der Waals surface area contributed by atoms with E-state index in [0.717, 1.165) is 33.7 Å². The van der Waals surface area contributed by atoms with Gasteiger partial charge in [-0.1, -0.05) is 0 Å². The van der Waals surface area contributed by atoms with Crippen LogP contribution in [0.15, 0.2) is 30.5 Å². The Kier molecular flexibility index (Phi) is 4.40. The lowest BCUT2D eigenvalue weighted by molar-refractivity contribution is 0.239. The van der Waals surface area contributed by atoms with Crippen LogP contribution in [0.25, 0.3) is 11.3 Å². The summed E-state index contributed by atoms with van der Waals surface area (Å²) in [5.74, 6) is 0.946. The zero-order valence-electron chi connectivity index (χ0n) is 12.5. The van der Waals surface area contributed by atoms with Gasteiger partial charge in [0.25, 0.3) is 0 Å². The number of pyridine rings is 1. The third kappa shape index (κ3) is 3.17. The van der Waals surface area contributed by atoms with Crippen LogP contribution < -0.4 is 4.74 Å². The van der Waals surface area contributed by atoms with Gasteiger partial charge in [0.15, 0.2) is 0 Å². The number of rotatable bonds is 4. The monoisotopic (exact) mass is 271 g/mol. The second-order valence-corrected chi connectivity index (χ2v) is 5.31. The van der Waals surface area contributed by atoms with Crippen LogP contribution in [0.1, 0.15) is 30.5 Å². The maximum atomic E-state index is 9.21. The Morgan fingerprint density at radius 3 is 2.35 bits per heavy atom. The fraction of sp³-hybridized carbons (Fsp3) is 0.353. The molecule has 0 aliphatic rings. The zero-order valence-corrected chi connectivity index (χ0v) is 12.5. The van der Waals surface area contributed by atoms with Gasteiger partial charge < -0.3 is 9.84 Å². The van der Waals surface area contributed by atoms with E-state index in [1.165, 1.54) is 0 Å². The van der Waals surface area contributed by atoms with Crippen molar-refractivity contribution >= 4 is 0 Å². The van der Waals surface area contributed by atoms with Crippen LogP contribution >= 0.6 is 0 Å². The molecule has 2 aromatic rings. The number of aromatic nitrogens is 1. The van der Waals surface area contributed by atoms with E-state index in [1.54, 1.807) is 6.20 Å². The van der Waals surface area contributed by atoms with Gasteiger partial charge in [-0.25, -0.2) is 0 Å². The summed E-state index contributed by atoms with van der Waals surface area (Å²) in [6.45, 7) is 8.17. The van der Waals surface area contributed by atoms with Gasteiger partial charge in [-0.05, 0) is 68.7 Å².